The fourth-order valence-electron chi connectivity index (χ4n) is 3.27. The molecule has 0 aromatic heterocycles. The molecule has 0 radical (unpaired) electrons. The highest BCUT2D eigenvalue weighted by Crippen LogP contribution is 2.33. The number of carbonyl (C=O) groups is 1. The molecular weight excluding hydrogens is 248 g/mol. The molecule has 0 heterocycles. The minimum absolute atomic E-state index is 0.109. The molecular formula is C17H34N2O. The summed E-state index contributed by atoms with van der Waals surface area (Å²) in [6, 6.07) is 0.352. The van der Waals surface area contributed by atoms with E-state index in [-0.39, 0.29) is 17.5 Å². The molecule has 4 unspecified atom stereocenters. The molecule has 0 saturated heterocycles. The van der Waals surface area contributed by atoms with Crippen LogP contribution < -0.4 is 10.6 Å². The number of hydrogen-bond donors (Lipinski definition) is 2. The van der Waals surface area contributed by atoms with Crippen molar-refractivity contribution in [2.24, 2.45) is 17.8 Å². The smallest absolute Gasteiger partial charge is 0.237 e. The molecule has 118 valence electrons. The lowest BCUT2D eigenvalue weighted by Gasteiger charge is -2.39. The average Bonchev–Trinajstić information content (AvgIpc) is 2.26. The Morgan fingerprint density at radius 1 is 1.15 bits per heavy atom. The quantitative estimate of drug-likeness (QED) is 0.830. The first kappa shape index (κ1) is 17.5. The second-order valence-corrected chi connectivity index (χ2v) is 8.06. The summed E-state index contributed by atoms with van der Waals surface area (Å²) in [6.45, 7) is 15.0. The molecule has 1 aliphatic rings. The van der Waals surface area contributed by atoms with Crippen molar-refractivity contribution in [3.63, 3.8) is 0 Å². The second kappa shape index (κ2) is 6.93. The molecule has 4 atom stereocenters. The molecule has 20 heavy (non-hydrogen) atoms. The van der Waals surface area contributed by atoms with Gasteiger partial charge in [0.05, 0.1) is 6.04 Å². The van der Waals surface area contributed by atoms with E-state index in [0.717, 1.165) is 5.92 Å². The van der Waals surface area contributed by atoms with Gasteiger partial charge in [0.15, 0.2) is 0 Å². The Kier molecular flexibility index (Phi) is 6.06. The third-order valence-corrected chi connectivity index (χ3v) is 4.38. The number of hydrogen-bond acceptors (Lipinski definition) is 2. The van der Waals surface area contributed by atoms with Crippen LogP contribution in [0.5, 0.6) is 0 Å². The zero-order valence-corrected chi connectivity index (χ0v) is 14.4. The summed E-state index contributed by atoms with van der Waals surface area (Å²) in [5.74, 6) is 2.24. The third kappa shape index (κ3) is 5.43. The number of carbonyl (C=O) groups excluding carboxylic acids is 1. The van der Waals surface area contributed by atoms with Crippen molar-refractivity contribution in [2.45, 2.75) is 85.4 Å². The number of rotatable bonds is 4. The minimum Gasteiger partial charge on any atom is -0.350 e. The molecule has 0 aromatic rings. The van der Waals surface area contributed by atoms with E-state index in [9.17, 15) is 4.79 Å². The first-order chi connectivity index (χ1) is 9.10. The van der Waals surface area contributed by atoms with Gasteiger partial charge in [-0.05, 0) is 58.3 Å². The lowest BCUT2D eigenvalue weighted by Crippen LogP contribution is -2.54. The Balaban J connectivity index is 2.61. The van der Waals surface area contributed by atoms with Crippen LogP contribution in [0.25, 0.3) is 0 Å². The van der Waals surface area contributed by atoms with Gasteiger partial charge in [-0.25, -0.2) is 0 Å². The van der Waals surface area contributed by atoms with Gasteiger partial charge >= 0.3 is 0 Å². The molecule has 0 aromatic carbocycles. The monoisotopic (exact) mass is 282 g/mol. The molecule has 0 spiro atoms. The van der Waals surface area contributed by atoms with Gasteiger partial charge in [-0.1, -0.05) is 27.2 Å². The fraction of sp³-hybridized carbons (Fsp3) is 0.941. The van der Waals surface area contributed by atoms with Gasteiger partial charge in [0.2, 0.25) is 5.91 Å². The van der Waals surface area contributed by atoms with Crippen LogP contribution in [0, 0.1) is 17.8 Å². The first-order valence-electron chi connectivity index (χ1n) is 8.18. The maximum Gasteiger partial charge on any atom is 0.237 e. The summed E-state index contributed by atoms with van der Waals surface area (Å²) in [5.41, 5.74) is -0.162. The molecule has 0 aliphatic heterocycles. The van der Waals surface area contributed by atoms with Crippen molar-refractivity contribution < 1.29 is 4.79 Å². The van der Waals surface area contributed by atoms with E-state index in [0.29, 0.717) is 17.9 Å². The molecule has 1 rings (SSSR count). The summed E-state index contributed by atoms with van der Waals surface area (Å²) in [5, 5.41) is 6.65. The fourth-order valence-corrected chi connectivity index (χ4v) is 3.27. The average molecular weight is 282 g/mol. The van der Waals surface area contributed by atoms with E-state index >= 15 is 0 Å². The first-order valence-corrected chi connectivity index (χ1v) is 8.18. The second-order valence-electron chi connectivity index (χ2n) is 8.06. The molecule has 1 aliphatic carbocycles. The van der Waals surface area contributed by atoms with E-state index in [4.69, 9.17) is 0 Å². The van der Waals surface area contributed by atoms with Crippen LogP contribution in [0.1, 0.15) is 67.7 Å². The topological polar surface area (TPSA) is 41.1 Å². The zero-order chi connectivity index (χ0) is 15.5. The van der Waals surface area contributed by atoms with Crippen molar-refractivity contribution in [3.05, 3.63) is 0 Å². The Labute approximate surface area is 125 Å². The lowest BCUT2D eigenvalue weighted by molar-refractivity contribution is -0.124. The normalized spacial score (nSPS) is 29.3. The molecule has 0 bridgehead atoms. The highest BCUT2D eigenvalue weighted by molar-refractivity contribution is 5.81. The maximum atomic E-state index is 12.2. The summed E-state index contributed by atoms with van der Waals surface area (Å²) in [7, 11) is 0. The van der Waals surface area contributed by atoms with E-state index in [2.05, 4.69) is 31.4 Å². The number of nitrogens with one attached hydrogen (secondary N) is 2. The van der Waals surface area contributed by atoms with Crippen LogP contribution in [0.3, 0.4) is 0 Å². The van der Waals surface area contributed by atoms with Crippen LogP contribution in [-0.4, -0.2) is 23.5 Å². The Morgan fingerprint density at radius 2 is 1.75 bits per heavy atom. The van der Waals surface area contributed by atoms with Gasteiger partial charge in [-0.15, -0.1) is 0 Å². The van der Waals surface area contributed by atoms with Crippen molar-refractivity contribution >= 4 is 5.91 Å². The summed E-state index contributed by atoms with van der Waals surface area (Å²) >= 11 is 0. The summed E-state index contributed by atoms with van der Waals surface area (Å²) in [6.07, 6.45) is 3.80. The predicted octanol–water partition coefficient (Wildman–Crippen LogP) is 3.34. The summed E-state index contributed by atoms with van der Waals surface area (Å²) < 4.78 is 0. The Bertz CT molecular complexity index is 319. The van der Waals surface area contributed by atoms with E-state index in [1.165, 1.54) is 19.3 Å². The third-order valence-electron chi connectivity index (χ3n) is 4.38. The zero-order valence-electron chi connectivity index (χ0n) is 14.4. The van der Waals surface area contributed by atoms with E-state index in [1.54, 1.807) is 0 Å². The van der Waals surface area contributed by atoms with Gasteiger partial charge in [0.25, 0.3) is 0 Å². The van der Waals surface area contributed by atoms with E-state index in [1.807, 2.05) is 27.7 Å². The standard InChI is InChI=1S/C17H34N2O/c1-11(2)14-9-8-12(3)10-15(14)18-13(4)16(20)19-17(5,6)7/h11-15,18H,8-10H2,1-7H3,(H,19,20). The lowest BCUT2D eigenvalue weighted by atomic mass is 9.74. The Hall–Kier alpha value is -0.570. The van der Waals surface area contributed by atoms with Gasteiger partial charge in [0, 0.05) is 11.6 Å². The highest BCUT2D eigenvalue weighted by atomic mass is 16.2. The van der Waals surface area contributed by atoms with Crippen LogP contribution >= 0.6 is 0 Å². The summed E-state index contributed by atoms with van der Waals surface area (Å²) in [4.78, 5) is 12.2. The van der Waals surface area contributed by atoms with Crippen LogP contribution in [0.2, 0.25) is 0 Å². The molecule has 1 fully saturated rings. The van der Waals surface area contributed by atoms with Crippen molar-refractivity contribution in [1.29, 1.82) is 0 Å². The number of amides is 1. The molecule has 3 heteroatoms. The Morgan fingerprint density at radius 3 is 2.25 bits per heavy atom. The molecule has 3 nitrogen and oxygen atoms in total. The van der Waals surface area contributed by atoms with Crippen LogP contribution in [0.15, 0.2) is 0 Å². The van der Waals surface area contributed by atoms with Gasteiger partial charge in [-0.3, -0.25) is 4.79 Å². The van der Waals surface area contributed by atoms with Crippen LogP contribution in [0.4, 0.5) is 0 Å². The van der Waals surface area contributed by atoms with Crippen molar-refractivity contribution in [3.8, 4) is 0 Å². The molecule has 2 N–H and O–H groups in total. The minimum atomic E-state index is -0.162. The maximum absolute atomic E-state index is 12.2. The van der Waals surface area contributed by atoms with Gasteiger partial charge in [-0.2, -0.15) is 0 Å². The van der Waals surface area contributed by atoms with Crippen LogP contribution in [-0.2, 0) is 4.79 Å². The SMILES string of the molecule is CC1CCC(C(C)C)C(NC(C)C(=O)NC(C)(C)C)C1. The predicted molar refractivity (Wildman–Crippen MR) is 85.6 cm³/mol. The van der Waals surface area contributed by atoms with E-state index < -0.39 is 0 Å². The largest absolute Gasteiger partial charge is 0.350 e. The van der Waals surface area contributed by atoms with Gasteiger partial charge in [0.1, 0.15) is 0 Å². The molecule has 1 saturated carbocycles. The molecule has 1 amide bonds. The van der Waals surface area contributed by atoms with Crippen molar-refractivity contribution in [2.75, 3.05) is 0 Å². The van der Waals surface area contributed by atoms with Crippen molar-refractivity contribution in [1.82, 2.24) is 10.6 Å². The van der Waals surface area contributed by atoms with Gasteiger partial charge < -0.3 is 10.6 Å². The highest BCUT2D eigenvalue weighted by Gasteiger charge is 2.32.